The fraction of sp³-hybridized carbons (Fsp3) is 0.133. The molecule has 0 saturated heterocycles. The van der Waals surface area contributed by atoms with Crippen molar-refractivity contribution in [2.75, 3.05) is 0 Å². The zero-order valence-electron chi connectivity index (χ0n) is 10.2. The Morgan fingerprint density at radius 2 is 1.83 bits per heavy atom. The van der Waals surface area contributed by atoms with Gasteiger partial charge in [0, 0.05) is 16.8 Å². The normalized spacial score (nSPS) is 11.2. The summed E-state index contributed by atoms with van der Waals surface area (Å²) in [6.07, 6.45) is 0. The van der Waals surface area contributed by atoms with Gasteiger partial charge in [-0.25, -0.2) is 4.79 Å². The van der Waals surface area contributed by atoms with Crippen LogP contribution >= 0.6 is 0 Å². The first-order chi connectivity index (χ1) is 8.56. The van der Waals surface area contributed by atoms with E-state index in [1.54, 1.807) is 6.07 Å². The van der Waals surface area contributed by atoms with E-state index in [9.17, 15) is 9.90 Å². The zero-order chi connectivity index (χ0) is 12.9. The molecular formula is C15H12O3. The lowest BCUT2D eigenvalue weighted by atomic mass is 10.0. The molecule has 3 nitrogen and oxygen atoms in total. The quantitative estimate of drug-likeness (QED) is 0.484. The molecule has 3 heteroatoms. The lowest BCUT2D eigenvalue weighted by Gasteiger charge is -2.06. The molecule has 0 bridgehead atoms. The highest BCUT2D eigenvalue weighted by molar-refractivity contribution is 6.06. The van der Waals surface area contributed by atoms with E-state index in [1.165, 1.54) is 6.07 Å². The molecule has 18 heavy (non-hydrogen) atoms. The highest BCUT2D eigenvalue weighted by Gasteiger charge is 2.10. The Kier molecular flexibility index (Phi) is 2.17. The number of hydrogen-bond acceptors (Lipinski definition) is 3. The summed E-state index contributed by atoms with van der Waals surface area (Å²) >= 11 is 0. The first-order valence-corrected chi connectivity index (χ1v) is 5.73. The molecule has 0 atom stereocenters. The highest BCUT2D eigenvalue weighted by atomic mass is 16.4. The van der Waals surface area contributed by atoms with Crippen molar-refractivity contribution in [3.8, 4) is 5.75 Å². The van der Waals surface area contributed by atoms with Crippen LogP contribution in [0.1, 0.15) is 11.1 Å². The molecule has 0 fully saturated rings. The minimum absolute atomic E-state index is 0.106. The topological polar surface area (TPSA) is 50.4 Å². The van der Waals surface area contributed by atoms with E-state index in [0.29, 0.717) is 11.0 Å². The number of phenolic OH excluding ortho intramolecular Hbond substituents is 1. The smallest absolute Gasteiger partial charge is 0.344 e. The SMILES string of the molecule is Cc1ccc2c(c1)c(=O)oc1cc(O)cc(C)c12. The molecule has 0 radical (unpaired) electrons. The van der Waals surface area contributed by atoms with Crippen molar-refractivity contribution >= 4 is 21.7 Å². The van der Waals surface area contributed by atoms with Gasteiger partial charge in [-0.1, -0.05) is 17.7 Å². The number of aryl methyl sites for hydroxylation is 2. The predicted octanol–water partition coefficient (Wildman–Crippen LogP) is 3.27. The summed E-state index contributed by atoms with van der Waals surface area (Å²) < 4.78 is 5.28. The molecule has 0 unspecified atom stereocenters. The van der Waals surface area contributed by atoms with Crippen molar-refractivity contribution in [1.29, 1.82) is 0 Å². The first kappa shape index (κ1) is 10.8. The molecular weight excluding hydrogens is 228 g/mol. The van der Waals surface area contributed by atoms with Gasteiger partial charge in [-0.15, -0.1) is 0 Å². The molecule has 90 valence electrons. The molecule has 0 aliphatic carbocycles. The summed E-state index contributed by atoms with van der Waals surface area (Å²) in [4.78, 5) is 11.9. The zero-order valence-corrected chi connectivity index (χ0v) is 10.2. The van der Waals surface area contributed by atoms with E-state index in [0.717, 1.165) is 21.9 Å². The number of rotatable bonds is 0. The van der Waals surface area contributed by atoms with Gasteiger partial charge in [0.1, 0.15) is 11.3 Å². The van der Waals surface area contributed by atoms with Crippen molar-refractivity contribution in [3.05, 3.63) is 51.9 Å². The van der Waals surface area contributed by atoms with Crippen LogP contribution in [-0.4, -0.2) is 5.11 Å². The van der Waals surface area contributed by atoms with Crippen molar-refractivity contribution in [1.82, 2.24) is 0 Å². The second-order valence-corrected chi connectivity index (χ2v) is 4.57. The standard InChI is InChI=1S/C15H12O3/c1-8-3-4-11-12(5-8)15(17)18-13-7-10(16)6-9(2)14(11)13/h3-7,16H,1-2H3. The highest BCUT2D eigenvalue weighted by Crippen LogP contribution is 2.29. The van der Waals surface area contributed by atoms with Crippen LogP contribution in [0.25, 0.3) is 21.7 Å². The van der Waals surface area contributed by atoms with E-state index in [1.807, 2.05) is 32.0 Å². The van der Waals surface area contributed by atoms with Gasteiger partial charge in [0.2, 0.25) is 0 Å². The van der Waals surface area contributed by atoms with Gasteiger partial charge in [-0.05, 0) is 31.5 Å². The van der Waals surface area contributed by atoms with Crippen molar-refractivity contribution in [3.63, 3.8) is 0 Å². The fourth-order valence-corrected chi connectivity index (χ4v) is 2.36. The third-order valence-electron chi connectivity index (χ3n) is 3.15. The average Bonchev–Trinajstić information content (AvgIpc) is 2.29. The van der Waals surface area contributed by atoms with Crippen LogP contribution in [0.4, 0.5) is 0 Å². The maximum atomic E-state index is 11.9. The molecule has 3 aromatic rings. The van der Waals surface area contributed by atoms with E-state index in [-0.39, 0.29) is 11.4 Å². The van der Waals surface area contributed by atoms with Gasteiger partial charge in [0.15, 0.2) is 0 Å². The first-order valence-electron chi connectivity index (χ1n) is 5.73. The summed E-state index contributed by atoms with van der Waals surface area (Å²) in [5.41, 5.74) is 1.97. The molecule has 0 amide bonds. The molecule has 1 N–H and O–H groups in total. The summed E-state index contributed by atoms with van der Waals surface area (Å²) in [6.45, 7) is 3.83. The third kappa shape index (κ3) is 1.48. The predicted molar refractivity (Wildman–Crippen MR) is 71.1 cm³/mol. The molecule has 0 aliphatic rings. The number of benzene rings is 2. The van der Waals surface area contributed by atoms with E-state index >= 15 is 0 Å². The fourth-order valence-electron chi connectivity index (χ4n) is 2.36. The summed E-state index contributed by atoms with van der Waals surface area (Å²) in [6, 6.07) is 8.86. The van der Waals surface area contributed by atoms with Crippen molar-refractivity contribution in [2.24, 2.45) is 0 Å². The second-order valence-electron chi connectivity index (χ2n) is 4.57. The number of hydrogen-bond donors (Lipinski definition) is 1. The van der Waals surface area contributed by atoms with E-state index in [4.69, 9.17) is 4.42 Å². The number of phenols is 1. The average molecular weight is 240 g/mol. The Bertz CT molecular complexity index is 828. The van der Waals surface area contributed by atoms with Gasteiger partial charge in [-0.3, -0.25) is 0 Å². The Hall–Kier alpha value is -2.29. The van der Waals surface area contributed by atoms with Crippen molar-refractivity contribution in [2.45, 2.75) is 13.8 Å². The van der Waals surface area contributed by atoms with Crippen LogP contribution in [0.3, 0.4) is 0 Å². The summed E-state index contributed by atoms with van der Waals surface area (Å²) in [7, 11) is 0. The van der Waals surface area contributed by atoms with Crippen LogP contribution < -0.4 is 5.63 Å². The van der Waals surface area contributed by atoms with Gasteiger partial charge in [-0.2, -0.15) is 0 Å². The molecule has 0 aliphatic heterocycles. The van der Waals surface area contributed by atoms with Gasteiger partial charge < -0.3 is 9.52 Å². The van der Waals surface area contributed by atoms with Crippen molar-refractivity contribution < 1.29 is 9.52 Å². The monoisotopic (exact) mass is 240 g/mol. The van der Waals surface area contributed by atoms with Crippen LogP contribution in [0.5, 0.6) is 5.75 Å². The number of fused-ring (bicyclic) bond motifs is 3. The molecule has 0 spiro atoms. The molecule has 3 rings (SSSR count). The molecule has 1 heterocycles. The largest absolute Gasteiger partial charge is 0.508 e. The van der Waals surface area contributed by atoms with Crippen LogP contribution in [0.15, 0.2) is 39.5 Å². The van der Waals surface area contributed by atoms with Gasteiger partial charge in [0.25, 0.3) is 0 Å². The Balaban J connectivity index is 2.65. The summed E-state index contributed by atoms with van der Waals surface area (Å²) in [5.74, 6) is 0.106. The molecule has 1 aromatic heterocycles. The van der Waals surface area contributed by atoms with E-state index < -0.39 is 0 Å². The minimum atomic E-state index is -0.369. The van der Waals surface area contributed by atoms with Crippen LogP contribution in [-0.2, 0) is 0 Å². The second kappa shape index (κ2) is 3.60. The Labute approximate surface area is 103 Å². The maximum absolute atomic E-state index is 11.9. The lowest BCUT2D eigenvalue weighted by molar-refractivity contribution is 0.473. The van der Waals surface area contributed by atoms with Crippen LogP contribution in [0, 0.1) is 13.8 Å². The maximum Gasteiger partial charge on any atom is 0.344 e. The molecule has 2 aromatic carbocycles. The molecule has 0 saturated carbocycles. The van der Waals surface area contributed by atoms with Crippen LogP contribution in [0.2, 0.25) is 0 Å². The third-order valence-corrected chi connectivity index (χ3v) is 3.15. The summed E-state index contributed by atoms with van der Waals surface area (Å²) in [5, 5.41) is 11.9. The van der Waals surface area contributed by atoms with E-state index in [2.05, 4.69) is 0 Å². The van der Waals surface area contributed by atoms with Gasteiger partial charge in [0.05, 0.1) is 5.39 Å². The Morgan fingerprint density at radius 3 is 2.61 bits per heavy atom. The lowest BCUT2D eigenvalue weighted by Crippen LogP contribution is -2.00. The Morgan fingerprint density at radius 1 is 1.06 bits per heavy atom. The minimum Gasteiger partial charge on any atom is -0.508 e. The van der Waals surface area contributed by atoms with Gasteiger partial charge >= 0.3 is 5.63 Å². The number of aromatic hydroxyl groups is 1.